The van der Waals surface area contributed by atoms with E-state index in [1.807, 2.05) is 25.5 Å². The molecule has 0 aromatic carbocycles. The lowest BCUT2D eigenvalue weighted by molar-refractivity contribution is -0.140. The molecule has 18 heavy (non-hydrogen) atoms. The SMILES string of the molecule is CC(C)(C)CCS(=O)(=O)N[C@H](CC(N)=O)C(=O)O. The quantitative estimate of drug-likeness (QED) is 0.588. The molecule has 0 saturated heterocycles. The maximum atomic E-state index is 11.6. The smallest absolute Gasteiger partial charge is 0.322 e. The Bertz CT molecular complexity index is 410. The third-order valence-electron chi connectivity index (χ3n) is 2.15. The van der Waals surface area contributed by atoms with Gasteiger partial charge in [0.05, 0.1) is 12.2 Å². The van der Waals surface area contributed by atoms with Crippen LogP contribution in [0.2, 0.25) is 0 Å². The summed E-state index contributed by atoms with van der Waals surface area (Å²) in [6.45, 7) is 5.63. The molecule has 0 aliphatic heterocycles. The average molecular weight is 280 g/mol. The Hall–Kier alpha value is -1.15. The second-order valence-corrected chi connectivity index (χ2v) is 7.18. The molecule has 7 nitrogen and oxygen atoms in total. The van der Waals surface area contributed by atoms with Crippen molar-refractivity contribution in [2.24, 2.45) is 11.1 Å². The lowest BCUT2D eigenvalue weighted by Crippen LogP contribution is -2.44. The van der Waals surface area contributed by atoms with Gasteiger partial charge < -0.3 is 10.8 Å². The van der Waals surface area contributed by atoms with E-state index in [0.29, 0.717) is 6.42 Å². The standard InChI is InChI=1S/C10H20N2O5S/c1-10(2,3)4-5-18(16,17)12-7(9(14)15)6-8(11)13/h7,12H,4-6H2,1-3H3,(H2,11,13)(H,14,15)/t7-/m1/s1. The summed E-state index contributed by atoms with van der Waals surface area (Å²) in [5, 5.41) is 8.78. The van der Waals surface area contributed by atoms with Crippen LogP contribution in [0.25, 0.3) is 0 Å². The Morgan fingerprint density at radius 3 is 2.17 bits per heavy atom. The zero-order chi connectivity index (χ0) is 14.6. The van der Waals surface area contributed by atoms with Gasteiger partial charge in [-0.15, -0.1) is 0 Å². The average Bonchev–Trinajstić information content (AvgIpc) is 2.11. The molecule has 0 aliphatic rings. The summed E-state index contributed by atoms with van der Waals surface area (Å²) in [6.07, 6.45) is -0.185. The minimum Gasteiger partial charge on any atom is -0.480 e. The Kier molecular flexibility index (Phi) is 5.75. The van der Waals surface area contributed by atoms with Crippen LogP contribution in [0.3, 0.4) is 0 Å². The Balaban J connectivity index is 4.62. The topological polar surface area (TPSA) is 127 Å². The molecule has 8 heteroatoms. The van der Waals surface area contributed by atoms with Crippen LogP contribution in [0.4, 0.5) is 0 Å². The van der Waals surface area contributed by atoms with Gasteiger partial charge in [-0.05, 0) is 11.8 Å². The molecule has 0 heterocycles. The number of carbonyl (C=O) groups excluding carboxylic acids is 1. The molecule has 0 bridgehead atoms. The number of hydrogen-bond donors (Lipinski definition) is 3. The van der Waals surface area contributed by atoms with Gasteiger partial charge in [0.25, 0.3) is 0 Å². The number of hydrogen-bond acceptors (Lipinski definition) is 4. The maximum Gasteiger partial charge on any atom is 0.322 e. The van der Waals surface area contributed by atoms with Crippen molar-refractivity contribution in [3.05, 3.63) is 0 Å². The molecule has 0 aromatic heterocycles. The van der Waals surface area contributed by atoms with Gasteiger partial charge in [-0.2, -0.15) is 0 Å². The van der Waals surface area contributed by atoms with E-state index in [1.165, 1.54) is 0 Å². The van der Waals surface area contributed by atoms with Crippen molar-refractivity contribution in [3.63, 3.8) is 0 Å². The van der Waals surface area contributed by atoms with Crippen LogP contribution in [-0.4, -0.2) is 37.2 Å². The third-order valence-corrected chi connectivity index (χ3v) is 3.53. The van der Waals surface area contributed by atoms with Gasteiger partial charge in [0.2, 0.25) is 15.9 Å². The zero-order valence-corrected chi connectivity index (χ0v) is 11.6. The van der Waals surface area contributed by atoms with Crippen LogP contribution >= 0.6 is 0 Å². The van der Waals surface area contributed by atoms with Crippen LogP contribution < -0.4 is 10.5 Å². The summed E-state index contributed by atoms with van der Waals surface area (Å²) in [5.74, 6) is -2.49. The van der Waals surface area contributed by atoms with Crippen molar-refractivity contribution in [1.82, 2.24) is 4.72 Å². The molecule has 106 valence electrons. The number of rotatable bonds is 7. The lowest BCUT2D eigenvalue weighted by atomic mass is 9.94. The molecule has 0 fully saturated rings. The minimum atomic E-state index is -3.74. The normalized spacial score (nSPS) is 14.2. The highest BCUT2D eigenvalue weighted by Gasteiger charge is 2.26. The monoisotopic (exact) mass is 280 g/mol. The van der Waals surface area contributed by atoms with E-state index in [-0.39, 0.29) is 11.2 Å². The number of primary amides is 1. The highest BCUT2D eigenvalue weighted by molar-refractivity contribution is 7.89. The molecule has 1 amide bonds. The van der Waals surface area contributed by atoms with Crippen molar-refractivity contribution in [2.45, 2.75) is 39.7 Å². The second-order valence-electron chi connectivity index (χ2n) is 5.31. The first-order valence-electron chi connectivity index (χ1n) is 5.44. The minimum absolute atomic E-state index is 0.183. The Morgan fingerprint density at radius 1 is 1.33 bits per heavy atom. The van der Waals surface area contributed by atoms with Crippen LogP contribution in [-0.2, 0) is 19.6 Å². The van der Waals surface area contributed by atoms with E-state index in [9.17, 15) is 18.0 Å². The number of aliphatic carboxylic acids is 1. The van der Waals surface area contributed by atoms with Gasteiger partial charge in [0, 0.05) is 0 Å². The maximum absolute atomic E-state index is 11.6. The first-order valence-corrected chi connectivity index (χ1v) is 7.09. The van der Waals surface area contributed by atoms with Gasteiger partial charge in [-0.3, -0.25) is 9.59 Å². The summed E-state index contributed by atoms with van der Waals surface area (Å²) in [4.78, 5) is 21.4. The summed E-state index contributed by atoms with van der Waals surface area (Å²) in [7, 11) is -3.74. The van der Waals surface area contributed by atoms with Crippen molar-refractivity contribution in [2.75, 3.05) is 5.75 Å². The third kappa shape index (κ3) is 8.02. The van der Waals surface area contributed by atoms with Crippen LogP contribution in [0.5, 0.6) is 0 Å². The molecule has 1 atom stereocenters. The van der Waals surface area contributed by atoms with Gasteiger partial charge in [0.15, 0.2) is 0 Å². The number of nitrogens with one attached hydrogen (secondary N) is 1. The summed E-state index contributed by atoms with van der Waals surface area (Å²) in [6, 6.07) is -1.51. The van der Waals surface area contributed by atoms with E-state index in [2.05, 4.69) is 0 Å². The number of carbonyl (C=O) groups is 2. The van der Waals surface area contributed by atoms with E-state index in [0.717, 1.165) is 0 Å². The molecule has 0 saturated carbocycles. The number of nitrogens with two attached hydrogens (primary N) is 1. The number of carboxylic acid groups (broad SMARTS) is 1. The lowest BCUT2D eigenvalue weighted by Gasteiger charge is -2.19. The number of sulfonamides is 1. The molecule has 0 aromatic rings. The van der Waals surface area contributed by atoms with E-state index in [4.69, 9.17) is 10.8 Å². The molecule has 0 rings (SSSR count). The van der Waals surface area contributed by atoms with Crippen LogP contribution in [0, 0.1) is 5.41 Å². The van der Waals surface area contributed by atoms with E-state index >= 15 is 0 Å². The van der Waals surface area contributed by atoms with Crippen molar-refractivity contribution in [1.29, 1.82) is 0 Å². The Morgan fingerprint density at radius 2 is 1.83 bits per heavy atom. The van der Waals surface area contributed by atoms with Crippen molar-refractivity contribution in [3.8, 4) is 0 Å². The molecule has 4 N–H and O–H groups in total. The molecular formula is C10H20N2O5S. The summed E-state index contributed by atoms with van der Waals surface area (Å²) < 4.78 is 25.3. The largest absolute Gasteiger partial charge is 0.480 e. The van der Waals surface area contributed by atoms with Crippen molar-refractivity contribution < 1.29 is 23.1 Å². The highest BCUT2D eigenvalue weighted by atomic mass is 32.2. The van der Waals surface area contributed by atoms with Crippen molar-refractivity contribution >= 4 is 21.9 Å². The van der Waals surface area contributed by atoms with E-state index in [1.54, 1.807) is 0 Å². The number of carboxylic acids is 1. The fourth-order valence-electron chi connectivity index (χ4n) is 1.10. The molecular weight excluding hydrogens is 260 g/mol. The highest BCUT2D eigenvalue weighted by Crippen LogP contribution is 2.19. The molecule has 0 spiro atoms. The summed E-state index contributed by atoms with van der Waals surface area (Å²) in [5.41, 5.74) is 4.67. The van der Waals surface area contributed by atoms with E-state index < -0.39 is 34.4 Å². The first kappa shape index (κ1) is 16.9. The van der Waals surface area contributed by atoms with Gasteiger partial charge in [-0.1, -0.05) is 20.8 Å². The van der Waals surface area contributed by atoms with Gasteiger partial charge >= 0.3 is 5.97 Å². The predicted octanol–water partition coefficient (Wildman–Crippen LogP) is -0.329. The molecule has 0 aliphatic carbocycles. The van der Waals surface area contributed by atoms with Crippen LogP contribution in [0.1, 0.15) is 33.6 Å². The molecule has 0 radical (unpaired) electrons. The van der Waals surface area contributed by atoms with Gasteiger partial charge in [-0.25, -0.2) is 13.1 Å². The second kappa shape index (κ2) is 6.14. The molecule has 0 unspecified atom stereocenters. The fourth-order valence-corrected chi connectivity index (χ4v) is 2.71. The fraction of sp³-hybridized carbons (Fsp3) is 0.800. The predicted molar refractivity (Wildman–Crippen MR) is 66.2 cm³/mol. The Labute approximate surface area is 107 Å². The first-order chi connectivity index (χ1) is 7.93. The number of amides is 1. The summed E-state index contributed by atoms with van der Waals surface area (Å²) >= 11 is 0. The van der Waals surface area contributed by atoms with Gasteiger partial charge in [0.1, 0.15) is 6.04 Å². The van der Waals surface area contributed by atoms with Crippen LogP contribution in [0.15, 0.2) is 0 Å². The zero-order valence-electron chi connectivity index (χ0n) is 10.8.